The Morgan fingerprint density at radius 2 is 2.26 bits per heavy atom. The number of carbonyl (C=O) groups is 1. The zero-order chi connectivity index (χ0) is 24.2. The number of hydrogen-bond acceptors (Lipinski definition) is 11. The third-order valence-corrected chi connectivity index (χ3v) is 7.45. The number of hydrogen-bond donors (Lipinski definition) is 8. The summed E-state index contributed by atoms with van der Waals surface area (Å²) in [5.74, 6) is 0.922. The van der Waals surface area contributed by atoms with Crippen LogP contribution in [-0.2, 0) is 4.74 Å². The van der Waals surface area contributed by atoms with Crippen molar-refractivity contribution in [1.29, 1.82) is 0 Å². The Kier molecular flexibility index (Phi) is 7.32. The number of nitrogens with one attached hydrogen (secondary N) is 7. The molecule has 1 amide bonds. The number of hydrazine groups is 1. The van der Waals surface area contributed by atoms with Gasteiger partial charge in [-0.05, 0) is 41.7 Å². The molecule has 5 rings (SSSR count). The molecule has 0 saturated carbocycles. The van der Waals surface area contributed by atoms with Crippen LogP contribution in [0, 0.1) is 11.8 Å². The normalized spacial score (nSPS) is 30.8. The summed E-state index contributed by atoms with van der Waals surface area (Å²) < 4.78 is 5.34. The summed E-state index contributed by atoms with van der Waals surface area (Å²) in [6, 6.07) is 0. The number of rotatable bonds is 8. The number of aliphatic hydroxyl groups is 1. The summed E-state index contributed by atoms with van der Waals surface area (Å²) in [7, 11) is 0. The lowest BCUT2D eigenvalue weighted by Crippen LogP contribution is -2.47. The molecule has 1 saturated heterocycles. The van der Waals surface area contributed by atoms with E-state index in [-0.39, 0.29) is 17.2 Å². The highest BCUT2D eigenvalue weighted by Crippen LogP contribution is 2.37. The predicted octanol–water partition coefficient (Wildman–Crippen LogP) is 0.0272. The van der Waals surface area contributed by atoms with Crippen molar-refractivity contribution >= 4 is 24.1 Å². The number of nitrogens with zero attached hydrogens (tertiary/aromatic N) is 1. The molecular weight excluding hydrogens is 468 g/mol. The van der Waals surface area contributed by atoms with Crippen molar-refractivity contribution in [3.63, 3.8) is 0 Å². The third-order valence-electron chi connectivity index (χ3n) is 6.43. The molecule has 5 atom stereocenters. The number of ether oxygens (including phenoxy) is 1. The molecule has 188 valence electrons. The van der Waals surface area contributed by atoms with Gasteiger partial charge in [-0.1, -0.05) is 19.1 Å². The Balaban J connectivity index is 1.38. The van der Waals surface area contributed by atoms with Crippen LogP contribution in [0.2, 0.25) is 0 Å². The van der Waals surface area contributed by atoms with Crippen molar-refractivity contribution in [1.82, 2.24) is 37.4 Å². The zero-order valence-corrected chi connectivity index (χ0v) is 20.3. The molecule has 0 aliphatic carbocycles. The van der Waals surface area contributed by atoms with Gasteiger partial charge in [0, 0.05) is 37.7 Å². The topological polar surface area (TPSA) is 143 Å². The van der Waals surface area contributed by atoms with E-state index in [4.69, 9.17) is 4.74 Å². The van der Waals surface area contributed by atoms with Crippen LogP contribution in [0.4, 0.5) is 4.79 Å². The van der Waals surface area contributed by atoms with E-state index >= 15 is 0 Å². The van der Waals surface area contributed by atoms with Crippen LogP contribution < -0.4 is 37.4 Å². The van der Waals surface area contributed by atoms with Crippen LogP contribution in [0.15, 0.2) is 63.1 Å². The summed E-state index contributed by atoms with van der Waals surface area (Å²) in [6.07, 6.45) is 9.25. The number of allylic oxidation sites excluding steroid dienone is 2. The summed E-state index contributed by atoms with van der Waals surface area (Å²) in [6.45, 7) is 4.71. The number of carbonyl (C=O) groups excluding carboxylic acids is 1. The van der Waals surface area contributed by atoms with Gasteiger partial charge in [0.15, 0.2) is 12.6 Å². The number of aliphatic imine (C=N–C) groups is 1. The maximum atomic E-state index is 11.5. The molecule has 35 heavy (non-hydrogen) atoms. The molecule has 0 bridgehead atoms. The van der Waals surface area contributed by atoms with Crippen molar-refractivity contribution in [2.75, 3.05) is 26.2 Å². The van der Waals surface area contributed by atoms with Crippen molar-refractivity contribution < 1.29 is 14.6 Å². The molecule has 0 radical (unpaired) electrons. The van der Waals surface area contributed by atoms with Crippen LogP contribution in [0.3, 0.4) is 0 Å². The molecule has 0 aromatic rings. The summed E-state index contributed by atoms with van der Waals surface area (Å²) in [4.78, 5) is 16.1. The first-order chi connectivity index (χ1) is 17.1. The Morgan fingerprint density at radius 3 is 3.03 bits per heavy atom. The van der Waals surface area contributed by atoms with E-state index in [1.165, 1.54) is 5.57 Å². The van der Waals surface area contributed by atoms with Gasteiger partial charge in [-0.15, -0.1) is 11.8 Å². The van der Waals surface area contributed by atoms with Crippen LogP contribution in [-0.4, -0.2) is 61.5 Å². The molecule has 8 N–H and O–H groups in total. The number of cyclic esters (lactones) is 1. The van der Waals surface area contributed by atoms with E-state index < -0.39 is 18.7 Å². The second-order valence-corrected chi connectivity index (χ2v) is 9.76. The van der Waals surface area contributed by atoms with Gasteiger partial charge in [-0.2, -0.15) is 5.43 Å². The first kappa shape index (κ1) is 23.8. The molecule has 0 aromatic carbocycles. The Bertz CT molecular complexity index is 1020. The number of thioether (sulfide) groups is 1. The average Bonchev–Trinajstić information content (AvgIpc) is 3.54. The Morgan fingerprint density at radius 1 is 1.34 bits per heavy atom. The number of aliphatic hydroxyl groups excluding tert-OH is 1. The van der Waals surface area contributed by atoms with Gasteiger partial charge in [0.25, 0.3) is 0 Å². The highest BCUT2D eigenvalue weighted by atomic mass is 32.2. The second kappa shape index (κ2) is 10.8. The summed E-state index contributed by atoms with van der Waals surface area (Å²) >= 11 is 1.73. The molecule has 1 fully saturated rings. The average molecular weight is 501 g/mol. The van der Waals surface area contributed by atoms with Crippen LogP contribution in [0.1, 0.15) is 13.3 Å². The molecule has 0 aromatic heterocycles. The lowest BCUT2D eigenvalue weighted by Gasteiger charge is -2.34. The first-order valence-electron chi connectivity index (χ1n) is 11.9. The van der Waals surface area contributed by atoms with E-state index in [1.54, 1.807) is 11.8 Å². The molecule has 12 heteroatoms. The first-order valence-corrected chi connectivity index (χ1v) is 12.9. The minimum Gasteiger partial charge on any atom is -0.427 e. The standard InChI is InChI=1S/C23H32N8O3S/c1-2-25-22(32)29-19-8-15(21-28-18(12-35-21)17-5-3-4-6-26-17)16(11-27-19)13-7-14(10-24-9-13)20-30-31-23(33)34-20/h3-5,8,10,12-14,20-22,25-30,32H,2,6-7,9,11H2,1H3,(H,31,33). The van der Waals surface area contributed by atoms with Crippen molar-refractivity contribution in [2.24, 2.45) is 16.8 Å². The number of amides is 1. The van der Waals surface area contributed by atoms with E-state index in [1.807, 2.05) is 13.1 Å². The molecule has 5 unspecified atom stereocenters. The number of dihydropyridines is 2. The molecule has 0 spiro atoms. The van der Waals surface area contributed by atoms with Crippen molar-refractivity contribution in [3.05, 3.63) is 58.1 Å². The van der Waals surface area contributed by atoms with E-state index in [0.717, 1.165) is 35.8 Å². The van der Waals surface area contributed by atoms with Gasteiger partial charge >= 0.3 is 6.09 Å². The maximum Gasteiger partial charge on any atom is 0.423 e. The van der Waals surface area contributed by atoms with Gasteiger partial charge in [0.2, 0.25) is 0 Å². The summed E-state index contributed by atoms with van der Waals surface area (Å²) in [5.41, 5.74) is 9.97. The van der Waals surface area contributed by atoms with Crippen LogP contribution in [0.25, 0.3) is 0 Å². The second-order valence-electron chi connectivity index (χ2n) is 8.78. The molecule has 5 heterocycles. The van der Waals surface area contributed by atoms with Gasteiger partial charge in [0.1, 0.15) is 11.2 Å². The minimum absolute atomic E-state index is 0.0252. The minimum atomic E-state index is -0.845. The lowest BCUT2D eigenvalue weighted by molar-refractivity contribution is 0.101. The highest BCUT2D eigenvalue weighted by Gasteiger charge is 2.36. The van der Waals surface area contributed by atoms with Crippen molar-refractivity contribution in [3.8, 4) is 0 Å². The van der Waals surface area contributed by atoms with Gasteiger partial charge in [-0.25, -0.2) is 4.79 Å². The van der Waals surface area contributed by atoms with Gasteiger partial charge < -0.3 is 31.1 Å². The monoisotopic (exact) mass is 500 g/mol. The van der Waals surface area contributed by atoms with Gasteiger partial charge in [-0.3, -0.25) is 15.7 Å². The van der Waals surface area contributed by atoms with Crippen LogP contribution >= 0.6 is 11.8 Å². The Hall–Kier alpha value is -2.93. The smallest absolute Gasteiger partial charge is 0.423 e. The third kappa shape index (κ3) is 5.50. The van der Waals surface area contributed by atoms with Crippen molar-refractivity contribution in [2.45, 2.75) is 31.3 Å². The largest absolute Gasteiger partial charge is 0.427 e. The molecule has 5 aliphatic rings. The summed E-state index contributed by atoms with van der Waals surface area (Å²) in [5, 5.41) is 28.9. The van der Waals surface area contributed by atoms with E-state index in [0.29, 0.717) is 19.6 Å². The SMILES string of the molecule is CCNC(O)NC1=CC(C2NC(C3=CC=CCN3)=CS2)=C(C2CN=CC(C3NNC(=O)O3)C2)CN1. The van der Waals surface area contributed by atoms with E-state index in [2.05, 4.69) is 72.1 Å². The van der Waals surface area contributed by atoms with E-state index in [9.17, 15) is 9.90 Å². The maximum absolute atomic E-state index is 11.5. The fraction of sp³-hybridized carbons (Fsp3) is 0.478. The Labute approximate surface area is 208 Å². The lowest BCUT2D eigenvalue weighted by atomic mass is 9.82. The molecular formula is C23H32N8O3S. The molecule has 11 nitrogen and oxygen atoms in total. The fourth-order valence-corrected chi connectivity index (χ4v) is 5.75. The predicted molar refractivity (Wildman–Crippen MR) is 135 cm³/mol. The van der Waals surface area contributed by atoms with Crippen LogP contribution in [0.5, 0.6) is 0 Å². The van der Waals surface area contributed by atoms with Gasteiger partial charge in [0.05, 0.1) is 11.4 Å². The highest BCUT2D eigenvalue weighted by molar-refractivity contribution is 8.03. The zero-order valence-electron chi connectivity index (χ0n) is 19.5. The quantitative estimate of drug-likeness (QED) is 0.215. The fourth-order valence-electron chi connectivity index (χ4n) is 4.72. The molecule has 5 aliphatic heterocycles.